The van der Waals surface area contributed by atoms with Gasteiger partial charge in [0, 0.05) is 30.2 Å². The molecule has 1 spiro atoms. The van der Waals surface area contributed by atoms with E-state index in [1.165, 1.54) is 18.5 Å². The molecule has 1 N–H and O–H groups in total. The minimum atomic E-state index is -0.488. The number of likely N-dealkylation sites (tertiary alicyclic amines) is 1. The third-order valence-corrected chi connectivity index (χ3v) is 7.69. The van der Waals surface area contributed by atoms with E-state index >= 15 is 0 Å². The third kappa shape index (κ3) is 5.43. The number of carbonyl (C=O) groups excluding carboxylic acids is 1. The van der Waals surface area contributed by atoms with Crippen molar-refractivity contribution in [1.82, 2.24) is 14.9 Å². The first kappa shape index (κ1) is 25.5. The standard InChI is InChI=1S/C27H30ClFN4O4/c1-3-24(33-9-6-27(7-10-33)8-11-36-25(34)15-27)37-23-13-18-21(14-22(23)35-2)30-16-31-26(18)32-17-4-5-20(29)19(28)12-17/h4-5,12-14,16,24H,3,6-11,15H2,1-2H3,(H,30,31,32). The summed E-state index contributed by atoms with van der Waals surface area (Å²) in [5, 5.41) is 3.95. The summed E-state index contributed by atoms with van der Waals surface area (Å²) in [4.78, 5) is 23.0. The summed E-state index contributed by atoms with van der Waals surface area (Å²) < 4.78 is 31.0. The molecular formula is C27H30ClFN4O4. The Kier molecular flexibility index (Phi) is 7.35. The fourth-order valence-corrected chi connectivity index (χ4v) is 5.41. The van der Waals surface area contributed by atoms with Crippen molar-refractivity contribution in [3.05, 3.63) is 47.5 Å². The van der Waals surface area contributed by atoms with Crippen molar-refractivity contribution in [2.75, 3.05) is 32.1 Å². The largest absolute Gasteiger partial charge is 0.493 e. The lowest BCUT2D eigenvalue weighted by atomic mass is 9.72. The molecule has 0 bridgehead atoms. The van der Waals surface area contributed by atoms with Gasteiger partial charge in [0.1, 0.15) is 18.0 Å². The van der Waals surface area contributed by atoms with E-state index in [4.69, 9.17) is 25.8 Å². The second-order valence-corrected chi connectivity index (χ2v) is 10.1. The Balaban J connectivity index is 1.38. The van der Waals surface area contributed by atoms with Crippen LogP contribution in [-0.4, -0.2) is 53.9 Å². The van der Waals surface area contributed by atoms with Gasteiger partial charge < -0.3 is 19.5 Å². The maximum absolute atomic E-state index is 13.6. The fourth-order valence-electron chi connectivity index (χ4n) is 5.23. The number of methoxy groups -OCH3 is 1. The van der Waals surface area contributed by atoms with Crippen LogP contribution in [-0.2, 0) is 9.53 Å². The maximum atomic E-state index is 13.6. The van der Waals surface area contributed by atoms with E-state index in [1.54, 1.807) is 13.2 Å². The molecule has 0 aliphatic carbocycles. The predicted octanol–water partition coefficient (Wildman–Crippen LogP) is 5.71. The smallest absolute Gasteiger partial charge is 0.306 e. The molecule has 10 heteroatoms. The van der Waals surface area contributed by atoms with Crippen molar-refractivity contribution in [1.29, 1.82) is 0 Å². The van der Waals surface area contributed by atoms with Crippen LogP contribution in [0.2, 0.25) is 5.02 Å². The van der Waals surface area contributed by atoms with Gasteiger partial charge in [-0.25, -0.2) is 14.4 Å². The topological polar surface area (TPSA) is 85.8 Å². The Morgan fingerprint density at radius 1 is 1.19 bits per heavy atom. The Hall–Kier alpha value is -3.17. The number of nitrogens with one attached hydrogen (secondary N) is 1. The van der Waals surface area contributed by atoms with Gasteiger partial charge in [-0.3, -0.25) is 9.69 Å². The Labute approximate surface area is 220 Å². The van der Waals surface area contributed by atoms with Gasteiger partial charge in [0.25, 0.3) is 0 Å². The summed E-state index contributed by atoms with van der Waals surface area (Å²) in [5.74, 6) is 1.12. The summed E-state index contributed by atoms with van der Waals surface area (Å²) >= 11 is 5.95. The third-order valence-electron chi connectivity index (χ3n) is 7.40. The molecule has 2 aliphatic heterocycles. The Bertz CT molecular complexity index is 1300. The lowest BCUT2D eigenvalue weighted by Crippen LogP contribution is -2.49. The number of ether oxygens (including phenoxy) is 3. The number of esters is 1. The van der Waals surface area contributed by atoms with Crippen LogP contribution >= 0.6 is 11.6 Å². The number of cyclic esters (lactones) is 1. The number of carbonyl (C=O) groups is 1. The molecule has 1 aromatic heterocycles. The van der Waals surface area contributed by atoms with Crippen LogP contribution in [0.5, 0.6) is 11.5 Å². The van der Waals surface area contributed by atoms with Crippen LogP contribution in [0.4, 0.5) is 15.9 Å². The summed E-state index contributed by atoms with van der Waals surface area (Å²) in [6.45, 7) is 4.31. The van der Waals surface area contributed by atoms with Gasteiger partial charge in [0.05, 0.1) is 30.7 Å². The molecule has 1 unspecified atom stereocenters. The highest BCUT2D eigenvalue weighted by Crippen LogP contribution is 2.42. The van der Waals surface area contributed by atoms with E-state index < -0.39 is 5.82 Å². The predicted molar refractivity (Wildman–Crippen MR) is 139 cm³/mol. The number of hydrogen-bond donors (Lipinski definition) is 1. The first-order chi connectivity index (χ1) is 17.9. The maximum Gasteiger partial charge on any atom is 0.306 e. The normalized spacial score (nSPS) is 18.4. The lowest BCUT2D eigenvalue weighted by molar-refractivity contribution is -0.156. The molecule has 0 amide bonds. The molecule has 37 heavy (non-hydrogen) atoms. The van der Waals surface area contributed by atoms with Gasteiger partial charge in [0.2, 0.25) is 0 Å². The van der Waals surface area contributed by atoms with Crippen molar-refractivity contribution >= 4 is 40.0 Å². The van der Waals surface area contributed by atoms with Crippen molar-refractivity contribution in [3.63, 3.8) is 0 Å². The van der Waals surface area contributed by atoms with Gasteiger partial charge in [-0.15, -0.1) is 0 Å². The van der Waals surface area contributed by atoms with E-state index in [0.29, 0.717) is 41.5 Å². The summed E-state index contributed by atoms with van der Waals surface area (Å²) in [5.41, 5.74) is 1.32. The highest BCUT2D eigenvalue weighted by atomic mass is 35.5. The Morgan fingerprint density at radius 3 is 2.70 bits per heavy atom. The number of aromatic nitrogens is 2. The molecule has 3 aromatic rings. The van der Waals surface area contributed by atoms with Crippen LogP contribution in [0.25, 0.3) is 10.9 Å². The van der Waals surface area contributed by atoms with Crippen molar-refractivity contribution in [3.8, 4) is 11.5 Å². The first-order valence-electron chi connectivity index (χ1n) is 12.5. The highest BCUT2D eigenvalue weighted by Gasteiger charge is 2.41. The summed E-state index contributed by atoms with van der Waals surface area (Å²) in [6.07, 6.45) is 5.40. The molecule has 2 aliphatic rings. The molecule has 5 rings (SSSR count). The van der Waals surface area contributed by atoms with E-state index in [9.17, 15) is 9.18 Å². The number of fused-ring (bicyclic) bond motifs is 1. The second kappa shape index (κ2) is 10.7. The van der Waals surface area contributed by atoms with Crippen LogP contribution in [0.15, 0.2) is 36.7 Å². The molecule has 0 radical (unpaired) electrons. The quantitative estimate of drug-likeness (QED) is 0.390. The minimum Gasteiger partial charge on any atom is -0.493 e. The van der Waals surface area contributed by atoms with Gasteiger partial charge >= 0.3 is 5.97 Å². The molecule has 2 aromatic carbocycles. The lowest BCUT2D eigenvalue weighted by Gasteiger charge is -2.45. The average Bonchev–Trinajstić information content (AvgIpc) is 2.90. The number of anilines is 2. The molecule has 3 heterocycles. The monoisotopic (exact) mass is 528 g/mol. The van der Waals surface area contributed by atoms with Gasteiger partial charge in [-0.2, -0.15) is 0 Å². The van der Waals surface area contributed by atoms with Crippen LogP contribution < -0.4 is 14.8 Å². The van der Waals surface area contributed by atoms with E-state index in [-0.39, 0.29) is 22.6 Å². The zero-order valence-corrected chi connectivity index (χ0v) is 21.7. The molecule has 1 atom stereocenters. The van der Waals surface area contributed by atoms with Crippen LogP contribution in [0.1, 0.15) is 39.0 Å². The van der Waals surface area contributed by atoms with E-state index in [1.807, 2.05) is 12.1 Å². The van der Waals surface area contributed by atoms with Crippen molar-refractivity contribution in [2.45, 2.75) is 45.3 Å². The number of halogens is 2. The molecule has 8 nitrogen and oxygen atoms in total. The summed E-state index contributed by atoms with van der Waals surface area (Å²) in [6, 6.07) is 8.09. The zero-order chi connectivity index (χ0) is 26.0. The number of benzene rings is 2. The van der Waals surface area contributed by atoms with Crippen LogP contribution in [0, 0.1) is 11.2 Å². The van der Waals surface area contributed by atoms with Crippen molar-refractivity contribution in [2.24, 2.45) is 5.41 Å². The first-order valence-corrected chi connectivity index (χ1v) is 12.9. The van der Waals surface area contributed by atoms with Gasteiger partial charge in [-0.05, 0) is 55.4 Å². The van der Waals surface area contributed by atoms with Crippen molar-refractivity contribution < 1.29 is 23.4 Å². The fraction of sp³-hybridized carbons (Fsp3) is 0.444. The van der Waals surface area contributed by atoms with E-state index in [2.05, 4.69) is 27.1 Å². The van der Waals surface area contributed by atoms with Crippen LogP contribution in [0.3, 0.4) is 0 Å². The molecule has 2 saturated heterocycles. The molecule has 2 fully saturated rings. The SMILES string of the molecule is CCC(Oc1cc2c(Nc3ccc(F)c(Cl)c3)ncnc2cc1OC)N1CCC2(CCOC(=O)C2)CC1. The van der Waals surface area contributed by atoms with Gasteiger partial charge in [0.15, 0.2) is 17.7 Å². The second-order valence-electron chi connectivity index (χ2n) is 9.66. The van der Waals surface area contributed by atoms with Gasteiger partial charge in [-0.1, -0.05) is 18.5 Å². The Morgan fingerprint density at radius 2 is 2.00 bits per heavy atom. The zero-order valence-electron chi connectivity index (χ0n) is 20.9. The number of hydrogen-bond acceptors (Lipinski definition) is 8. The number of nitrogens with zero attached hydrogens (tertiary/aromatic N) is 3. The number of rotatable bonds is 7. The average molecular weight is 529 g/mol. The minimum absolute atomic E-state index is 0.0215. The molecular weight excluding hydrogens is 499 g/mol. The highest BCUT2D eigenvalue weighted by molar-refractivity contribution is 6.31. The molecule has 0 saturated carbocycles. The van der Waals surface area contributed by atoms with E-state index in [0.717, 1.165) is 44.2 Å². The number of piperidine rings is 1. The molecule has 196 valence electrons. The summed E-state index contributed by atoms with van der Waals surface area (Å²) in [7, 11) is 1.60.